The lowest BCUT2D eigenvalue weighted by atomic mass is 10.1. The molecule has 0 unspecified atom stereocenters. The molecule has 29 heavy (non-hydrogen) atoms. The van der Waals surface area contributed by atoms with Crippen LogP contribution in [0.5, 0.6) is 0 Å². The molecule has 0 atom stereocenters. The maximum atomic E-state index is 11.7. The molecule has 3 rings (SSSR count). The Morgan fingerprint density at radius 3 is 2.62 bits per heavy atom. The van der Waals surface area contributed by atoms with Gasteiger partial charge in [-0.3, -0.25) is 14.9 Å². The van der Waals surface area contributed by atoms with E-state index in [1.54, 1.807) is 30.8 Å². The Morgan fingerprint density at radius 1 is 1.28 bits per heavy atom. The van der Waals surface area contributed by atoms with Gasteiger partial charge in [0, 0.05) is 37.3 Å². The third kappa shape index (κ3) is 4.89. The molecule has 0 saturated carbocycles. The van der Waals surface area contributed by atoms with Crippen LogP contribution in [-0.2, 0) is 16.0 Å². The van der Waals surface area contributed by atoms with Gasteiger partial charge in [0.25, 0.3) is 5.69 Å². The van der Waals surface area contributed by atoms with Crippen LogP contribution in [0.1, 0.15) is 18.1 Å². The van der Waals surface area contributed by atoms with Crippen molar-refractivity contribution in [3.63, 3.8) is 0 Å². The van der Waals surface area contributed by atoms with Gasteiger partial charge in [0.15, 0.2) is 0 Å². The first-order valence-corrected chi connectivity index (χ1v) is 10.2. The summed E-state index contributed by atoms with van der Waals surface area (Å²) in [7, 11) is 3.89. The Labute approximate surface area is 174 Å². The number of carbonyl (C=O) groups excluding carboxylic acids is 1. The molecule has 0 radical (unpaired) electrons. The molecule has 7 nitrogen and oxygen atoms in total. The van der Waals surface area contributed by atoms with Gasteiger partial charge in [-0.05, 0) is 42.3 Å². The molecule has 0 aromatic heterocycles. The van der Waals surface area contributed by atoms with Crippen molar-refractivity contribution in [1.29, 1.82) is 0 Å². The first kappa shape index (κ1) is 20.7. The quantitative estimate of drug-likeness (QED) is 0.384. The zero-order chi connectivity index (χ0) is 21.0. The molecule has 1 heterocycles. The topological polar surface area (TPSA) is 75.9 Å². The number of nitro groups is 1. The summed E-state index contributed by atoms with van der Waals surface area (Å²) in [6.45, 7) is 2.18. The van der Waals surface area contributed by atoms with E-state index in [0.29, 0.717) is 6.61 Å². The van der Waals surface area contributed by atoms with Gasteiger partial charge in [0.1, 0.15) is 0 Å². The summed E-state index contributed by atoms with van der Waals surface area (Å²) in [5.41, 5.74) is 3.93. The van der Waals surface area contributed by atoms with Crippen molar-refractivity contribution < 1.29 is 14.5 Å². The smallest absolute Gasteiger partial charge is 0.310 e. The zero-order valence-corrected chi connectivity index (χ0v) is 17.4. The highest BCUT2D eigenvalue weighted by Gasteiger charge is 2.21. The summed E-state index contributed by atoms with van der Waals surface area (Å²) >= 11 is 1.71. The number of thioether (sulfide) groups is 1. The SMILES string of the molecule is CCOC(=O)Cc1ccc2c(c1)SCN2/C=C(/c1ccc([N+](=O)[O-])cc1)N(C)C. The van der Waals surface area contributed by atoms with Crippen molar-refractivity contribution in [2.24, 2.45) is 0 Å². The van der Waals surface area contributed by atoms with Crippen molar-refractivity contribution in [1.82, 2.24) is 4.90 Å². The van der Waals surface area contributed by atoms with Gasteiger partial charge in [-0.1, -0.05) is 6.07 Å². The average Bonchev–Trinajstić information content (AvgIpc) is 3.08. The summed E-state index contributed by atoms with van der Waals surface area (Å²) in [5, 5.41) is 10.9. The molecule has 1 aliphatic heterocycles. The van der Waals surface area contributed by atoms with Crippen LogP contribution < -0.4 is 4.90 Å². The Balaban J connectivity index is 1.84. The number of non-ortho nitro benzene ring substituents is 1. The molecule has 0 amide bonds. The lowest BCUT2D eigenvalue weighted by Gasteiger charge is -2.22. The fraction of sp³-hybridized carbons (Fsp3) is 0.286. The average molecular weight is 413 g/mol. The lowest BCUT2D eigenvalue weighted by Crippen LogP contribution is -2.17. The highest BCUT2D eigenvalue weighted by atomic mass is 32.2. The number of hydrogen-bond donors (Lipinski definition) is 0. The van der Waals surface area contributed by atoms with E-state index in [-0.39, 0.29) is 18.1 Å². The molecule has 8 heteroatoms. The zero-order valence-electron chi connectivity index (χ0n) is 16.6. The normalized spacial score (nSPS) is 13.2. The second-order valence-electron chi connectivity index (χ2n) is 6.74. The number of ether oxygens (including phenoxy) is 1. The third-order valence-corrected chi connectivity index (χ3v) is 5.53. The number of fused-ring (bicyclic) bond motifs is 1. The third-order valence-electron chi connectivity index (χ3n) is 4.48. The Bertz CT molecular complexity index is 941. The number of nitro benzene ring substituents is 1. The largest absolute Gasteiger partial charge is 0.466 e. The van der Waals surface area contributed by atoms with Crippen LogP contribution in [0.4, 0.5) is 11.4 Å². The molecular formula is C21H23N3O4S. The van der Waals surface area contributed by atoms with Crippen LogP contribution in [0, 0.1) is 10.1 Å². The Hall–Kier alpha value is -3.00. The Kier molecular flexibility index (Phi) is 6.43. The number of benzene rings is 2. The van der Waals surface area contributed by atoms with Gasteiger partial charge < -0.3 is 14.5 Å². The van der Waals surface area contributed by atoms with Crippen LogP contribution in [0.25, 0.3) is 5.70 Å². The van der Waals surface area contributed by atoms with E-state index in [9.17, 15) is 14.9 Å². The van der Waals surface area contributed by atoms with E-state index >= 15 is 0 Å². The second-order valence-corrected chi connectivity index (χ2v) is 7.73. The molecule has 0 saturated heterocycles. The van der Waals surface area contributed by atoms with Crippen molar-refractivity contribution in [3.05, 3.63) is 69.9 Å². The predicted octanol–water partition coefficient (Wildman–Crippen LogP) is 4.13. The summed E-state index contributed by atoms with van der Waals surface area (Å²) < 4.78 is 5.02. The molecule has 0 aliphatic carbocycles. The number of nitrogens with zero attached hydrogens (tertiary/aromatic N) is 3. The number of carbonyl (C=O) groups is 1. The van der Waals surface area contributed by atoms with Gasteiger partial charge in [-0.25, -0.2) is 0 Å². The molecule has 0 N–H and O–H groups in total. The molecular weight excluding hydrogens is 390 g/mol. The minimum Gasteiger partial charge on any atom is -0.466 e. The summed E-state index contributed by atoms with van der Waals surface area (Å²) in [6, 6.07) is 12.5. The van der Waals surface area contributed by atoms with Gasteiger partial charge in [-0.2, -0.15) is 0 Å². The minimum atomic E-state index is -0.399. The molecule has 0 bridgehead atoms. The molecule has 1 aliphatic rings. The predicted molar refractivity (Wildman–Crippen MR) is 115 cm³/mol. The lowest BCUT2D eigenvalue weighted by molar-refractivity contribution is -0.384. The van der Waals surface area contributed by atoms with Crippen LogP contribution >= 0.6 is 11.8 Å². The molecule has 0 spiro atoms. The van der Waals surface area contributed by atoms with Gasteiger partial charge >= 0.3 is 5.97 Å². The second kappa shape index (κ2) is 9.00. The van der Waals surface area contributed by atoms with E-state index in [1.807, 2.05) is 43.4 Å². The van der Waals surface area contributed by atoms with E-state index in [4.69, 9.17) is 4.74 Å². The first-order chi connectivity index (χ1) is 13.9. The fourth-order valence-corrected chi connectivity index (χ4v) is 4.12. The number of rotatable bonds is 7. The monoisotopic (exact) mass is 413 g/mol. The summed E-state index contributed by atoms with van der Waals surface area (Å²) in [6.07, 6.45) is 2.31. The number of anilines is 1. The number of esters is 1. The maximum Gasteiger partial charge on any atom is 0.310 e. The van der Waals surface area contributed by atoms with E-state index < -0.39 is 4.92 Å². The van der Waals surface area contributed by atoms with Gasteiger partial charge in [0.05, 0.1) is 35.2 Å². The van der Waals surface area contributed by atoms with Crippen LogP contribution in [0.15, 0.2) is 53.6 Å². The Morgan fingerprint density at radius 2 is 2.00 bits per heavy atom. The summed E-state index contributed by atoms with van der Waals surface area (Å²) in [5.74, 6) is 0.531. The van der Waals surface area contributed by atoms with Gasteiger partial charge in [-0.15, -0.1) is 11.8 Å². The van der Waals surface area contributed by atoms with Crippen LogP contribution in [0.2, 0.25) is 0 Å². The standard InChI is InChI=1S/C21H23N3O4S/c1-4-28-21(25)12-15-5-10-18-20(11-15)29-14-23(18)13-19(22(2)3)16-6-8-17(9-7-16)24(26)27/h5-11,13H,4,12,14H2,1-3H3/b19-13-. The van der Waals surface area contributed by atoms with Crippen molar-refractivity contribution >= 4 is 34.8 Å². The fourth-order valence-electron chi connectivity index (χ4n) is 3.07. The molecule has 0 fully saturated rings. The van der Waals surface area contributed by atoms with Crippen LogP contribution in [0.3, 0.4) is 0 Å². The van der Waals surface area contributed by atoms with Crippen molar-refractivity contribution in [3.8, 4) is 0 Å². The first-order valence-electron chi connectivity index (χ1n) is 9.21. The van der Waals surface area contributed by atoms with Gasteiger partial charge in [0.2, 0.25) is 0 Å². The highest BCUT2D eigenvalue weighted by molar-refractivity contribution is 7.99. The van der Waals surface area contributed by atoms with Crippen molar-refractivity contribution in [2.75, 3.05) is 31.5 Å². The molecule has 152 valence electrons. The maximum absolute atomic E-state index is 11.7. The molecule has 2 aromatic rings. The minimum absolute atomic E-state index is 0.0723. The van der Waals surface area contributed by atoms with E-state index in [0.717, 1.165) is 33.3 Å². The summed E-state index contributed by atoms with van der Waals surface area (Å²) in [4.78, 5) is 27.5. The number of hydrogen-bond acceptors (Lipinski definition) is 7. The van der Waals surface area contributed by atoms with Crippen LogP contribution in [-0.4, -0.2) is 42.4 Å². The molecule has 2 aromatic carbocycles. The van der Waals surface area contributed by atoms with E-state index in [1.165, 1.54) is 12.1 Å². The van der Waals surface area contributed by atoms with Crippen molar-refractivity contribution in [2.45, 2.75) is 18.2 Å². The van der Waals surface area contributed by atoms with E-state index in [2.05, 4.69) is 4.90 Å². The highest BCUT2D eigenvalue weighted by Crippen LogP contribution is 2.40.